The minimum atomic E-state index is -0.986. The van der Waals surface area contributed by atoms with Crippen LogP contribution in [0.15, 0.2) is 12.2 Å². The molecule has 0 aliphatic heterocycles. The van der Waals surface area contributed by atoms with Gasteiger partial charge in [0.15, 0.2) is 6.10 Å². The first-order chi connectivity index (χ1) is 3.18. The predicted molar refractivity (Wildman–Crippen MR) is 26.4 cm³/mol. The average Bonchev–Trinajstić information content (AvgIpc) is 1.65. The summed E-state index contributed by atoms with van der Waals surface area (Å²) in [6, 6.07) is 1.62. The first-order valence-electron chi connectivity index (χ1n) is 1.91. The van der Waals surface area contributed by atoms with Gasteiger partial charge >= 0.3 is 0 Å². The van der Waals surface area contributed by atoms with Gasteiger partial charge in [-0.15, -0.1) is 0 Å². The Bertz CT molecular complexity index is 112. The van der Waals surface area contributed by atoms with Gasteiger partial charge in [0, 0.05) is 0 Å². The van der Waals surface area contributed by atoms with Crippen LogP contribution in [0.25, 0.3) is 0 Å². The standard InChI is InChI=1S/C5H7NO/c1-4(2)5(7)3-6/h5,7H,1H2,2H3/t5-/m0/s1. The highest BCUT2D eigenvalue weighted by molar-refractivity contribution is 5.07. The predicted octanol–water partition coefficient (Wildman–Crippen LogP) is 0.447. The molecule has 0 amide bonds. The minimum absolute atomic E-state index is 0.488. The molecule has 38 valence electrons. The van der Waals surface area contributed by atoms with E-state index in [4.69, 9.17) is 10.4 Å². The van der Waals surface area contributed by atoms with Crippen molar-refractivity contribution in [2.24, 2.45) is 0 Å². The Hall–Kier alpha value is -0.810. The van der Waals surface area contributed by atoms with Crippen molar-refractivity contribution in [3.8, 4) is 6.07 Å². The molecule has 0 aromatic heterocycles. The molecule has 0 radical (unpaired) electrons. The van der Waals surface area contributed by atoms with E-state index in [1.54, 1.807) is 13.0 Å². The molecule has 0 unspecified atom stereocenters. The summed E-state index contributed by atoms with van der Waals surface area (Å²) in [5, 5.41) is 16.4. The molecule has 1 atom stereocenters. The zero-order valence-corrected chi connectivity index (χ0v) is 4.18. The second-order valence-electron chi connectivity index (χ2n) is 1.38. The summed E-state index contributed by atoms with van der Waals surface area (Å²) in [7, 11) is 0. The molecule has 7 heavy (non-hydrogen) atoms. The smallest absolute Gasteiger partial charge is 0.161 e. The molecule has 1 N–H and O–H groups in total. The van der Waals surface area contributed by atoms with Gasteiger partial charge in [0.25, 0.3) is 0 Å². The van der Waals surface area contributed by atoms with Crippen molar-refractivity contribution >= 4 is 0 Å². The van der Waals surface area contributed by atoms with E-state index in [-0.39, 0.29) is 0 Å². The second kappa shape index (κ2) is 2.38. The molecule has 0 bridgehead atoms. The summed E-state index contributed by atoms with van der Waals surface area (Å²) in [6.07, 6.45) is -0.986. The minimum Gasteiger partial charge on any atom is -0.374 e. The van der Waals surface area contributed by atoms with Crippen LogP contribution < -0.4 is 0 Å². The number of hydrogen-bond donors (Lipinski definition) is 1. The fraction of sp³-hybridized carbons (Fsp3) is 0.400. The third-order valence-electron chi connectivity index (χ3n) is 0.589. The molecule has 0 heterocycles. The van der Waals surface area contributed by atoms with Gasteiger partial charge in [-0.1, -0.05) is 6.58 Å². The van der Waals surface area contributed by atoms with Crippen molar-refractivity contribution in [3.05, 3.63) is 12.2 Å². The van der Waals surface area contributed by atoms with Crippen LogP contribution >= 0.6 is 0 Å². The van der Waals surface area contributed by atoms with E-state index < -0.39 is 6.10 Å². The number of aliphatic hydroxyl groups is 1. The third-order valence-corrected chi connectivity index (χ3v) is 0.589. The van der Waals surface area contributed by atoms with Crippen molar-refractivity contribution in [2.75, 3.05) is 0 Å². The molecular weight excluding hydrogens is 90.1 g/mol. The Balaban J connectivity index is 3.63. The Morgan fingerprint density at radius 1 is 2.00 bits per heavy atom. The molecule has 0 aromatic rings. The number of hydrogen-bond acceptors (Lipinski definition) is 2. The zero-order chi connectivity index (χ0) is 5.86. The summed E-state index contributed by atoms with van der Waals surface area (Å²) in [4.78, 5) is 0. The zero-order valence-electron chi connectivity index (χ0n) is 4.18. The molecule has 0 aromatic carbocycles. The fourth-order valence-corrected chi connectivity index (χ4v) is 0.110. The highest BCUT2D eigenvalue weighted by atomic mass is 16.3. The van der Waals surface area contributed by atoms with E-state index in [2.05, 4.69) is 6.58 Å². The Morgan fingerprint density at radius 2 is 2.43 bits per heavy atom. The normalized spacial score (nSPS) is 12.1. The number of rotatable bonds is 1. The molecule has 2 heteroatoms. The van der Waals surface area contributed by atoms with Crippen LogP contribution in [0.3, 0.4) is 0 Å². The topological polar surface area (TPSA) is 44.0 Å². The fourth-order valence-electron chi connectivity index (χ4n) is 0.110. The summed E-state index contributed by atoms with van der Waals surface area (Å²) in [5.41, 5.74) is 0.488. The molecule has 0 rings (SSSR count). The third kappa shape index (κ3) is 1.96. The Kier molecular flexibility index (Phi) is 2.10. The Labute approximate surface area is 42.7 Å². The number of nitrogens with zero attached hydrogens (tertiary/aromatic N) is 1. The van der Waals surface area contributed by atoms with Crippen molar-refractivity contribution in [1.29, 1.82) is 5.26 Å². The van der Waals surface area contributed by atoms with Crippen LogP contribution in [0.1, 0.15) is 6.92 Å². The van der Waals surface area contributed by atoms with Gasteiger partial charge in [0.05, 0.1) is 6.07 Å². The van der Waals surface area contributed by atoms with Crippen molar-refractivity contribution in [3.63, 3.8) is 0 Å². The SMILES string of the molecule is C=C(C)[C@@H](O)C#N. The molecule has 0 spiro atoms. The highest BCUT2D eigenvalue weighted by Crippen LogP contribution is 1.92. The average molecular weight is 97.1 g/mol. The summed E-state index contributed by atoms with van der Waals surface area (Å²) < 4.78 is 0. The van der Waals surface area contributed by atoms with Gasteiger partial charge in [-0.3, -0.25) is 0 Å². The molecule has 0 saturated heterocycles. The first kappa shape index (κ1) is 6.19. The van der Waals surface area contributed by atoms with Crippen LogP contribution in [0.5, 0.6) is 0 Å². The van der Waals surface area contributed by atoms with Gasteiger partial charge in [-0.05, 0) is 12.5 Å². The largest absolute Gasteiger partial charge is 0.374 e. The second-order valence-corrected chi connectivity index (χ2v) is 1.38. The van der Waals surface area contributed by atoms with Crippen LogP contribution in [0, 0.1) is 11.3 Å². The van der Waals surface area contributed by atoms with E-state index in [9.17, 15) is 0 Å². The summed E-state index contributed by atoms with van der Waals surface area (Å²) in [5.74, 6) is 0. The number of nitriles is 1. The number of aliphatic hydroxyl groups excluding tert-OH is 1. The van der Waals surface area contributed by atoms with Gasteiger partial charge in [0.1, 0.15) is 0 Å². The van der Waals surface area contributed by atoms with Crippen molar-refractivity contribution < 1.29 is 5.11 Å². The molecule has 0 fully saturated rings. The van der Waals surface area contributed by atoms with Crippen molar-refractivity contribution in [1.82, 2.24) is 0 Å². The van der Waals surface area contributed by atoms with Crippen LogP contribution in [0.2, 0.25) is 0 Å². The lowest BCUT2D eigenvalue weighted by atomic mass is 10.2. The van der Waals surface area contributed by atoms with Gasteiger partial charge in [-0.25, -0.2) is 0 Å². The quantitative estimate of drug-likeness (QED) is 0.381. The Morgan fingerprint density at radius 3 is 2.43 bits per heavy atom. The van der Waals surface area contributed by atoms with E-state index >= 15 is 0 Å². The van der Waals surface area contributed by atoms with E-state index in [0.717, 1.165) is 0 Å². The molecule has 0 aliphatic rings. The van der Waals surface area contributed by atoms with E-state index in [1.165, 1.54) is 0 Å². The van der Waals surface area contributed by atoms with Gasteiger partial charge < -0.3 is 5.11 Å². The monoisotopic (exact) mass is 97.1 g/mol. The highest BCUT2D eigenvalue weighted by Gasteiger charge is 1.97. The van der Waals surface area contributed by atoms with E-state index in [1.807, 2.05) is 0 Å². The van der Waals surface area contributed by atoms with Gasteiger partial charge in [-0.2, -0.15) is 5.26 Å². The first-order valence-corrected chi connectivity index (χ1v) is 1.91. The van der Waals surface area contributed by atoms with Crippen LogP contribution in [-0.4, -0.2) is 11.2 Å². The molecule has 0 aliphatic carbocycles. The van der Waals surface area contributed by atoms with E-state index in [0.29, 0.717) is 5.57 Å². The maximum atomic E-state index is 8.47. The van der Waals surface area contributed by atoms with Crippen LogP contribution in [-0.2, 0) is 0 Å². The van der Waals surface area contributed by atoms with Crippen LogP contribution in [0.4, 0.5) is 0 Å². The van der Waals surface area contributed by atoms with Crippen molar-refractivity contribution in [2.45, 2.75) is 13.0 Å². The molecule has 2 nitrogen and oxygen atoms in total. The lowest BCUT2D eigenvalue weighted by Gasteiger charge is -1.93. The molecular formula is C5H7NO. The summed E-state index contributed by atoms with van der Waals surface area (Å²) in [6.45, 7) is 4.96. The summed E-state index contributed by atoms with van der Waals surface area (Å²) >= 11 is 0. The van der Waals surface area contributed by atoms with Gasteiger partial charge in [0.2, 0.25) is 0 Å². The maximum Gasteiger partial charge on any atom is 0.161 e. The lowest BCUT2D eigenvalue weighted by Crippen LogP contribution is -2.01. The lowest BCUT2D eigenvalue weighted by molar-refractivity contribution is 0.266. The molecule has 0 saturated carbocycles. The maximum absolute atomic E-state index is 8.47.